The summed E-state index contributed by atoms with van der Waals surface area (Å²) in [7, 11) is 0. The molecular weight excluding hydrogens is 270 g/mol. The number of ether oxygens (including phenoxy) is 2. The zero-order chi connectivity index (χ0) is 15.0. The topological polar surface area (TPSA) is 59.9 Å². The van der Waals surface area contributed by atoms with Gasteiger partial charge in [-0.25, -0.2) is 10.2 Å². The third-order valence-electron chi connectivity index (χ3n) is 2.31. The van der Waals surface area contributed by atoms with Gasteiger partial charge in [-0.05, 0) is 43.2 Å². The lowest BCUT2D eigenvalue weighted by atomic mass is 10.1. The molecule has 110 valence electrons. The molecular formula is C13H16F2N2O3. The minimum Gasteiger partial charge on any atom is -0.449 e. The predicted octanol–water partition coefficient (Wildman–Crippen LogP) is 3.15. The number of nitrogens with zero attached hydrogens (tertiary/aromatic N) is 1. The lowest BCUT2D eigenvalue weighted by molar-refractivity contribution is -0.0498. The van der Waals surface area contributed by atoms with Gasteiger partial charge in [0, 0.05) is 0 Å². The molecule has 1 rings (SSSR count). The van der Waals surface area contributed by atoms with Crippen LogP contribution in [0.25, 0.3) is 0 Å². The second kappa shape index (κ2) is 8.08. The van der Waals surface area contributed by atoms with E-state index in [1.54, 1.807) is 19.1 Å². The first-order chi connectivity index (χ1) is 9.56. The Hall–Kier alpha value is -2.18. The first-order valence-corrected chi connectivity index (χ1v) is 6.11. The van der Waals surface area contributed by atoms with Gasteiger partial charge in [0.1, 0.15) is 5.75 Å². The van der Waals surface area contributed by atoms with Crippen LogP contribution in [0.3, 0.4) is 0 Å². The van der Waals surface area contributed by atoms with Gasteiger partial charge in [0.05, 0.1) is 12.3 Å². The van der Waals surface area contributed by atoms with Crippen molar-refractivity contribution in [2.75, 3.05) is 6.61 Å². The van der Waals surface area contributed by atoms with Gasteiger partial charge < -0.3 is 9.47 Å². The molecule has 0 aliphatic heterocycles. The summed E-state index contributed by atoms with van der Waals surface area (Å²) < 4.78 is 33.0. The number of hydrogen-bond donors (Lipinski definition) is 1. The number of nitrogens with one attached hydrogen (secondary N) is 1. The molecule has 0 radical (unpaired) electrons. The van der Waals surface area contributed by atoms with Crippen molar-refractivity contribution < 1.29 is 23.0 Å². The van der Waals surface area contributed by atoms with Crippen molar-refractivity contribution >= 4 is 11.8 Å². The number of benzene rings is 1. The van der Waals surface area contributed by atoms with Crippen molar-refractivity contribution in [3.63, 3.8) is 0 Å². The highest BCUT2D eigenvalue weighted by Gasteiger charge is 2.07. The van der Waals surface area contributed by atoms with Crippen LogP contribution in [0.2, 0.25) is 0 Å². The lowest BCUT2D eigenvalue weighted by Crippen LogP contribution is -2.20. The number of alkyl halides is 2. The summed E-state index contributed by atoms with van der Waals surface area (Å²) in [6.45, 7) is 0.939. The van der Waals surface area contributed by atoms with E-state index in [4.69, 9.17) is 0 Å². The number of hydrogen-bond acceptors (Lipinski definition) is 4. The zero-order valence-corrected chi connectivity index (χ0v) is 11.2. The maximum Gasteiger partial charge on any atom is 0.427 e. The first kappa shape index (κ1) is 15.9. The van der Waals surface area contributed by atoms with Gasteiger partial charge in [-0.1, -0.05) is 6.92 Å². The fraction of sp³-hybridized carbons (Fsp3) is 0.385. The Labute approximate surface area is 115 Å². The average Bonchev–Trinajstić information content (AvgIpc) is 2.41. The van der Waals surface area contributed by atoms with Crippen LogP contribution in [0.5, 0.6) is 5.75 Å². The van der Waals surface area contributed by atoms with Crippen molar-refractivity contribution in [2.24, 2.45) is 5.10 Å². The zero-order valence-electron chi connectivity index (χ0n) is 11.2. The van der Waals surface area contributed by atoms with E-state index in [1.165, 1.54) is 12.1 Å². The number of halogens is 2. The van der Waals surface area contributed by atoms with E-state index >= 15 is 0 Å². The summed E-state index contributed by atoms with van der Waals surface area (Å²) in [6.07, 6.45) is -0.0855. The standard InChI is InChI=1S/C13H16F2N2O3/c1-3-11(16-17-13(18)19-4-2)9-5-7-10(8-6-9)20-12(14)15/h5-8,12H,3-4H2,1-2H3,(H,17,18)/b16-11-. The fourth-order valence-corrected chi connectivity index (χ4v) is 1.45. The van der Waals surface area contributed by atoms with Gasteiger partial charge >= 0.3 is 12.7 Å². The average molecular weight is 286 g/mol. The Morgan fingerprint density at radius 2 is 1.95 bits per heavy atom. The highest BCUT2D eigenvalue weighted by atomic mass is 19.3. The maximum atomic E-state index is 12.0. The van der Waals surface area contributed by atoms with Crippen molar-refractivity contribution in [2.45, 2.75) is 26.9 Å². The van der Waals surface area contributed by atoms with E-state index in [-0.39, 0.29) is 12.4 Å². The molecule has 0 aliphatic carbocycles. The molecule has 0 aliphatic rings. The van der Waals surface area contributed by atoms with Gasteiger partial charge in [0.25, 0.3) is 0 Å². The molecule has 1 amide bonds. The molecule has 0 spiro atoms. The molecule has 0 atom stereocenters. The highest BCUT2D eigenvalue weighted by Crippen LogP contribution is 2.16. The fourth-order valence-electron chi connectivity index (χ4n) is 1.45. The van der Waals surface area contributed by atoms with Gasteiger partial charge in [-0.15, -0.1) is 0 Å². The Morgan fingerprint density at radius 3 is 2.45 bits per heavy atom. The molecule has 1 aromatic rings. The minimum absolute atomic E-state index is 0.0672. The number of carbonyl (C=O) groups excluding carboxylic acids is 1. The third kappa shape index (κ3) is 5.21. The second-order valence-electron chi connectivity index (χ2n) is 3.65. The molecule has 20 heavy (non-hydrogen) atoms. The Bertz CT molecular complexity index is 461. The van der Waals surface area contributed by atoms with Crippen LogP contribution in [0.4, 0.5) is 13.6 Å². The number of amides is 1. The molecule has 1 aromatic carbocycles. The van der Waals surface area contributed by atoms with Crippen molar-refractivity contribution in [3.8, 4) is 5.75 Å². The van der Waals surface area contributed by atoms with Crippen LogP contribution in [-0.4, -0.2) is 25.0 Å². The van der Waals surface area contributed by atoms with E-state index in [0.29, 0.717) is 17.7 Å². The lowest BCUT2D eigenvalue weighted by Gasteiger charge is -2.07. The summed E-state index contributed by atoms with van der Waals surface area (Å²) in [6, 6.07) is 6.01. The molecule has 0 fully saturated rings. The summed E-state index contributed by atoms with van der Waals surface area (Å²) in [5.74, 6) is 0.0672. The predicted molar refractivity (Wildman–Crippen MR) is 70.1 cm³/mol. The van der Waals surface area contributed by atoms with E-state index in [2.05, 4.69) is 20.0 Å². The number of rotatable bonds is 6. The smallest absolute Gasteiger partial charge is 0.427 e. The molecule has 0 saturated heterocycles. The van der Waals surface area contributed by atoms with Crippen LogP contribution >= 0.6 is 0 Å². The van der Waals surface area contributed by atoms with E-state index < -0.39 is 12.7 Å². The van der Waals surface area contributed by atoms with Crippen LogP contribution in [0.1, 0.15) is 25.8 Å². The Kier molecular flexibility index (Phi) is 6.42. The van der Waals surface area contributed by atoms with Crippen LogP contribution in [0, 0.1) is 0 Å². The monoisotopic (exact) mass is 286 g/mol. The van der Waals surface area contributed by atoms with Crippen LogP contribution < -0.4 is 10.2 Å². The SMILES string of the molecule is CCOC(=O)N/N=C(/CC)c1ccc(OC(F)F)cc1. The molecule has 7 heteroatoms. The van der Waals surface area contributed by atoms with Gasteiger partial charge in [-0.3, -0.25) is 0 Å². The van der Waals surface area contributed by atoms with Crippen molar-refractivity contribution in [1.82, 2.24) is 5.43 Å². The molecule has 0 aromatic heterocycles. The van der Waals surface area contributed by atoms with Crippen LogP contribution in [-0.2, 0) is 4.74 Å². The Balaban J connectivity index is 2.74. The normalized spacial score (nSPS) is 11.3. The number of hydrazone groups is 1. The van der Waals surface area contributed by atoms with Gasteiger partial charge in [-0.2, -0.15) is 13.9 Å². The van der Waals surface area contributed by atoms with Gasteiger partial charge in [0.15, 0.2) is 0 Å². The molecule has 0 heterocycles. The highest BCUT2D eigenvalue weighted by molar-refractivity contribution is 6.00. The van der Waals surface area contributed by atoms with Crippen molar-refractivity contribution in [1.29, 1.82) is 0 Å². The largest absolute Gasteiger partial charge is 0.449 e. The summed E-state index contributed by atoms with van der Waals surface area (Å²) in [4.78, 5) is 11.1. The second-order valence-corrected chi connectivity index (χ2v) is 3.65. The Morgan fingerprint density at radius 1 is 1.30 bits per heavy atom. The van der Waals surface area contributed by atoms with Crippen LogP contribution in [0.15, 0.2) is 29.4 Å². The summed E-state index contributed by atoms with van der Waals surface area (Å²) >= 11 is 0. The molecule has 0 saturated carbocycles. The molecule has 5 nitrogen and oxygen atoms in total. The first-order valence-electron chi connectivity index (χ1n) is 6.11. The van der Waals surface area contributed by atoms with E-state index in [0.717, 1.165) is 0 Å². The van der Waals surface area contributed by atoms with E-state index in [9.17, 15) is 13.6 Å². The molecule has 1 N–H and O–H groups in total. The third-order valence-corrected chi connectivity index (χ3v) is 2.31. The summed E-state index contributed by atoms with van der Waals surface area (Å²) in [5.41, 5.74) is 3.55. The molecule has 0 bridgehead atoms. The van der Waals surface area contributed by atoms with Gasteiger partial charge in [0.2, 0.25) is 0 Å². The number of carbonyl (C=O) groups is 1. The van der Waals surface area contributed by atoms with E-state index in [1.807, 2.05) is 6.92 Å². The summed E-state index contributed by atoms with van der Waals surface area (Å²) in [5, 5.41) is 3.92. The van der Waals surface area contributed by atoms with Crippen molar-refractivity contribution in [3.05, 3.63) is 29.8 Å². The maximum absolute atomic E-state index is 12.0. The quantitative estimate of drug-likeness (QED) is 0.645. The minimum atomic E-state index is -2.86. The molecule has 0 unspecified atom stereocenters.